The fourth-order valence-corrected chi connectivity index (χ4v) is 2.49. The molecule has 3 rings (SSSR count). The minimum atomic E-state index is -0.426. The van der Waals surface area contributed by atoms with Crippen molar-refractivity contribution in [2.75, 3.05) is 10.6 Å². The minimum absolute atomic E-state index is 0.0909. The second kappa shape index (κ2) is 7.10. The molecule has 0 fully saturated rings. The number of amides is 2. The molecule has 2 amide bonds. The first-order chi connectivity index (χ1) is 12.5. The highest BCUT2D eigenvalue weighted by Gasteiger charge is 2.13. The van der Waals surface area contributed by atoms with Crippen LogP contribution >= 0.6 is 0 Å². The van der Waals surface area contributed by atoms with Crippen LogP contribution in [-0.2, 0) is 0 Å². The summed E-state index contributed by atoms with van der Waals surface area (Å²) in [5, 5.41) is 22.1. The normalized spacial score (nSPS) is 10.4. The van der Waals surface area contributed by atoms with Crippen LogP contribution < -0.4 is 10.6 Å². The summed E-state index contributed by atoms with van der Waals surface area (Å²) in [6.07, 6.45) is 0. The summed E-state index contributed by atoms with van der Waals surface area (Å²) in [6, 6.07) is 12.8. The molecule has 0 aliphatic carbocycles. The highest BCUT2D eigenvalue weighted by Crippen LogP contribution is 2.20. The van der Waals surface area contributed by atoms with E-state index in [9.17, 15) is 14.7 Å². The molecule has 0 aliphatic heterocycles. The second-order valence-electron chi connectivity index (χ2n) is 5.81. The molecule has 0 atom stereocenters. The van der Waals surface area contributed by atoms with Crippen LogP contribution in [0.4, 0.5) is 11.4 Å². The number of hydrogen-bond acceptors (Lipinski definition) is 4. The number of anilines is 2. The number of aromatic nitrogens is 2. The predicted octanol–water partition coefficient (Wildman–Crippen LogP) is 3.24. The number of phenolic OH excluding ortho intramolecular Hbond substituents is 1. The smallest absolute Gasteiger partial charge is 0.259 e. The first kappa shape index (κ1) is 17.2. The first-order valence-corrected chi connectivity index (χ1v) is 7.98. The lowest BCUT2D eigenvalue weighted by atomic mass is 10.1. The lowest BCUT2D eigenvalue weighted by molar-refractivity contribution is 0.101. The summed E-state index contributed by atoms with van der Waals surface area (Å²) in [5.74, 6) is -0.784. The number of para-hydroxylation sites is 1. The molecule has 1 aromatic heterocycles. The first-order valence-electron chi connectivity index (χ1n) is 7.98. The van der Waals surface area contributed by atoms with Crippen molar-refractivity contribution in [3.05, 3.63) is 71.0 Å². The highest BCUT2D eigenvalue weighted by molar-refractivity contribution is 6.07. The molecule has 26 heavy (non-hydrogen) atoms. The lowest BCUT2D eigenvalue weighted by Crippen LogP contribution is -2.14. The Bertz CT molecular complexity index is 942. The Morgan fingerprint density at radius 2 is 1.65 bits per heavy atom. The molecule has 0 unspecified atom stereocenters. The Morgan fingerprint density at radius 3 is 2.27 bits per heavy atom. The van der Waals surface area contributed by atoms with E-state index in [1.54, 1.807) is 43.3 Å². The SMILES string of the molecule is Cc1n[nH]c(C)c1NC(=O)c1ccc(NC(=O)c2ccccc2O)cc1. The van der Waals surface area contributed by atoms with Gasteiger partial charge in [0.2, 0.25) is 0 Å². The highest BCUT2D eigenvalue weighted by atomic mass is 16.3. The fourth-order valence-electron chi connectivity index (χ4n) is 2.49. The zero-order valence-electron chi connectivity index (χ0n) is 14.3. The topological polar surface area (TPSA) is 107 Å². The number of hydrogen-bond donors (Lipinski definition) is 4. The van der Waals surface area contributed by atoms with Gasteiger partial charge in [0.25, 0.3) is 11.8 Å². The van der Waals surface area contributed by atoms with E-state index in [0.717, 1.165) is 5.69 Å². The van der Waals surface area contributed by atoms with Gasteiger partial charge in [-0.2, -0.15) is 5.10 Å². The van der Waals surface area contributed by atoms with Crippen molar-refractivity contribution in [1.82, 2.24) is 10.2 Å². The van der Waals surface area contributed by atoms with Gasteiger partial charge in [-0.25, -0.2) is 0 Å². The molecule has 0 bridgehead atoms. The van der Waals surface area contributed by atoms with Crippen LogP contribution in [0.3, 0.4) is 0 Å². The van der Waals surface area contributed by atoms with E-state index < -0.39 is 5.91 Å². The number of benzene rings is 2. The average molecular weight is 350 g/mol. The number of H-pyrrole nitrogens is 1. The van der Waals surface area contributed by atoms with Gasteiger partial charge in [0.15, 0.2) is 0 Å². The van der Waals surface area contributed by atoms with E-state index in [-0.39, 0.29) is 17.2 Å². The molecule has 0 aliphatic rings. The van der Waals surface area contributed by atoms with Crippen LogP contribution in [0.5, 0.6) is 5.75 Å². The third-order valence-corrected chi connectivity index (χ3v) is 3.92. The van der Waals surface area contributed by atoms with Crippen LogP contribution in [-0.4, -0.2) is 27.1 Å². The number of aromatic amines is 1. The van der Waals surface area contributed by atoms with E-state index in [4.69, 9.17) is 0 Å². The molecule has 3 aromatic rings. The van der Waals surface area contributed by atoms with Crippen LogP contribution in [0.15, 0.2) is 48.5 Å². The average Bonchev–Trinajstić information content (AvgIpc) is 2.94. The summed E-state index contributed by atoms with van der Waals surface area (Å²) in [6.45, 7) is 3.63. The Balaban J connectivity index is 1.69. The summed E-state index contributed by atoms with van der Waals surface area (Å²) in [7, 11) is 0. The van der Waals surface area contributed by atoms with Gasteiger partial charge >= 0.3 is 0 Å². The largest absolute Gasteiger partial charge is 0.507 e. The van der Waals surface area contributed by atoms with Gasteiger partial charge in [-0.05, 0) is 50.2 Å². The maximum absolute atomic E-state index is 12.3. The lowest BCUT2D eigenvalue weighted by Gasteiger charge is -2.08. The Kier molecular flexibility index (Phi) is 4.70. The standard InChI is InChI=1S/C19H18N4O3/c1-11-17(12(2)23-22-11)21-18(25)13-7-9-14(10-8-13)20-19(26)15-5-3-4-6-16(15)24/h3-10,24H,1-2H3,(H,20,26)(H,21,25)(H,22,23). The summed E-state index contributed by atoms with van der Waals surface area (Å²) in [5.41, 5.74) is 3.30. The van der Waals surface area contributed by atoms with Gasteiger partial charge in [0.05, 0.1) is 22.6 Å². The molecular formula is C19H18N4O3. The minimum Gasteiger partial charge on any atom is -0.507 e. The van der Waals surface area contributed by atoms with Crippen LogP contribution in [0.25, 0.3) is 0 Å². The van der Waals surface area contributed by atoms with Gasteiger partial charge in [0.1, 0.15) is 5.75 Å². The number of nitrogens with one attached hydrogen (secondary N) is 3. The summed E-state index contributed by atoms with van der Waals surface area (Å²) < 4.78 is 0. The molecule has 2 aromatic carbocycles. The molecule has 1 heterocycles. The zero-order valence-corrected chi connectivity index (χ0v) is 14.3. The number of aromatic hydroxyl groups is 1. The van der Waals surface area contributed by atoms with Crippen molar-refractivity contribution in [2.45, 2.75) is 13.8 Å². The molecule has 132 valence electrons. The Hall–Kier alpha value is -3.61. The van der Waals surface area contributed by atoms with Crippen LogP contribution in [0.1, 0.15) is 32.1 Å². The van der Waals surface area contributed by atoms with E-state index in [1.807, 2.05) is 6.92 Å². The maximum Gasteiger partial charge on any atom is 0.259 e. The van der Waals surface area contributed by atoms with Gasteiger partial charge in [-0.15, -0.1) is 0 Å². The van der Waals surface area contributed by atoms with Gasteiger partial charge in [0, 0.05) is 11.3 Å². The van der Waals surface area contributed by atoms with Crippen molar-refractivity contribution < 1.29 is 14.7 Å². The molecule has 7 nitrogen and oxygen atoms in total. The van der Waals surface area contributed by atoms with Crippen molar-refractivity contribution >= 4 is 23.2 Å². The number of aryl methyl sites for hydroxylation is 2. The van der Waals surface area contributed by atoms with Crippen molar-refractivity contribution in [3.63, 3.8) is 0 Å². The Labute approximate surface area is 150 Å². The van der Waals surface area contributed by atoms with Gasteiger partial charge < -0.3 is 15.7 Å². The molecule has 0 radical (unpaired) electrons. The molecule has 0 spiro atoms. The van der Waals surface area contributed by atoms with Crippen molar-refractivity contribution in [2.24, 2.45) is 0 Å². The monoisotopic (exact) mass is 350 g/mol. The number of carbonyl (C=O) groups excluding carboxylic acids is 2. The zero-order chi connectivity index (χ0) is 18.7. The third-order valence-electron chi connectivity index (χ3n) is 3.92. The summed E-state index contributed by atoms with van der Waals surface area (Å²) >= 11 is 0. The molecular weight excluding hydrogens is 332 g/mol. The molecule has 0 saturated heterocycles. The Morgan fingerprint density at radius 1 is 0.962 bits per heavy atom. The van der Waals surface area contributed by atoms with E-state index in [2.05, 4.69) is 20.8 Å². The predicted molar refractivity (Wildman–Crippen MR) is 98.5 cm³/mol. The van der Waals surface area contributed by atoms with E-state index >= 15 is 0 Å². The molecule has 7 heteroatoms. The number of phenols is 1. The van der Waals surface area contributed by atoms with Gasteiger partial charge in [-0.3, -0.25) is 14.7 Å². The van der Waals surface area contributed by atoms with E-state index in [0.29, 0.717) is 22.6 Å². The molecule has 4 N–H and O–H groups in total. The number of carbonyl (C=O) groups is 2. The fraction of sp³-hybridized carbons (Fsp3) is 0.105. The second-order valence-corrected chi connectivity index (χ2v) is 5.81. The van der Waals surface area contributed by atoms with Gasteiger partial charge in [-0.1, -0.05) is 12.1 Å². The number of rotatable bonds is 4. The maximum atomic E-state index is 12.3. The van der Waals surface area contributed by atoms with Crippen molar-refractivity contribution in [3.8, 4) is 5.75 Å². The third kappa shape index (κ3) is 3.56. The van der Waals surface area contributed by atoms with Crippen molar-refractivity contribution in [1.29, 1.82) is 0 Å². The van der Waals surface area contributed by atoms with Crippen LogP contribution in [0, 0.1) is 13.8 Å². The van der Waals surface area contributed by atoms with Crippen LogP contribution in [0.2, 0.25) is 0 Å². The number of nitrogens with zero attached hydrogens (tertiary/aromatic N) is 1. The molecule has 0 saturated carbocycles. The quantitative estimate of drug-likeness (QED) is 0.579. The summed E-state index contributed by atoms with van der Waals surface area (Å²) in [4.78, 5) is 24.5. The van der Waals surface area contributed by atoms with E-state index in [1.165, 1.54) is 12.1 Å².